The average molecular weight is 519 g/mol. The van der Waals surface area contributed by atoms with Crippen LogP contribution in [0.15, 0.2) is 0 Å². The van der Waals surface area contributed by atoms with Gasteiger partial charge in [0.05, 0.1) is 18.1 Å². The second kappa shape index (κ2) is 7.61. The topological polar surface area (TPSA) is 139 Å². The van der Waals surface area contributed by atoms with Gasteiger partial charge in [0.15, 0.2) is 12.2 Å². The molecule has 0 spiro atoms. The molecule has 184 valence electrons. The molecule has 3 saturated heterocycles. The molecule has 0 N–H and O–H groups in total. The first-order valence-electron chi connectivity index (χ1n) is 8.59. The molecule has 18 heteroatoms. The number of carbonyl (C=O) groups is 2. The summed E-state index contributed by atoms with van der Waals surface area (Å²) in [6, 6.07) is 0. The SMILES string of the molecule is CC(C[C-](S(=O)(=O)C(F)(F)F)S(=O)(=O)C(F)(F)F)OC(=O)OC1C2CC3C(=O)OC1C3O2. The number of rotatable bonds is 6. The minimum Gasteiger partial charge on any atom is -0.455 e. The van der Waals surface area contributed by atoms with Crippen LogP contribution in [0.3, 0.4) is 0 Å². The van der Waals surface area contributed by atoms with Crippen LogP contribution in [0.1, 0.15) is 19.8 Å². The largest absolute Gasteiger partial charge is 0.508 e. The van der Waals surface area contributed by atoms with Gasteiger partial charge in [-0.05, 0) is 13.3 Å². The van der Waals surface area contributed by atoms with Crippen molar-refractivity contribution >= 4 is 31.8 Å². The molecule has 0 aliphatic carbocycles. The Labute approximate surface area is 175 Å². The molecule has 0 radical (unpaired) electrons. The number of ether oxygens (including phenoxy) is 4. The summed E-state index contributed by atoms with van der Waals surface area (Å²) in [5.41, 5.74) is -12.7. The predicted molar refractivity (Wildman–Crippen MR) is 85.3 cm³/mol. The van der Waals surface area contributed by atoms with Gasteiger partial charge in [-0.1, -0.05) is 4.58 Å². The zero-order valence-electron chi connectivity index (χ0n) is 15.5. The van der Waals surface area contributed by atoms with E-state index in [1.165, 1.54) is 0 Å². The van der Waals surface area contributed by atoms with Crippen LogP contribution in [-0.4, -0.2) is 70.5 Å². The van der Waals surface area contributed by atoms with Gasteiger partial charge in [-0.3, -0.25) is 21.6 Å². The summed E-state index contributed by atoms with van der Waals surface area (Å²) in [5, 5.41) is 0. The highest BCUT2D eigenvalue weighted by Gasteiger charge is 2.65. The predicted octanol–water partition coefficient (Wildman–Crippen LogP) is 1.36. The minimum absolute atomic E-state index is 0.138. The summed E-state index contributed by atoms with van der Waals surface area (Å²) < 4.78 is 139. The molecule has 3 rings (SSSR count). The Morgan fingerprint density at radius 3 is 2.12 bits per heavy atom. The third-order valence-electron chi connectivity index (χ3n) is 4.98. The van der Waals surface area contributed by atoms with Crippen LogP contribution in [0.4, 0.5) is 31.1 Å². The first kappa shape index (κ1) is 24.8. The molecule has 6 atom stereocenters. The number of esters is 1. The van der Waals surface area contributed by atoms with Crippen molar-refractivity contribution in [3.05, 3.63) is 4.58 Å². The lowest BCUT2D eigenvalue weighted by Gasteiger charge is -2.33. The van der Waals surface area contributed by atoms with E-state index in [2.05, 4.69) is 4.74 Å². The lowest BCUT2D eigenvalue weighted by atomic mass is 9.88. The van der Waals surface area contributed by atoms with E-state index in [1.807, 2.05) is 0 Å². The summed E-state index contributed by atoms with van der Waals surface area (Å²) in [6.45, 7) is 0.655. The van der Waals surface area contributed by atoms with Crippen molar-refractivity contribution in [2.24, 2.45) is 5.92 Å². The van der Waals surface area contributed by atoms with Gasteiger partial charge in [0.2, 0.25) is 0 Å². The zero-order chi connectivity index (χ0) is 24.4. The van der Waals surface area contributed by atoms with E-state index in [0.29, 0.717) is 6.92 Å². The summed E-state index contributed by atoms with van der Waals surface area (Å²) in [4.78, 5) is 23.5. The highest BCUT2D eigenvalue weighted by Crippen LogP contribution is 2.48. The number of hydrogen-bond donors (Lipinski definition) is 0. The molecule has 3 aliphatic rings. The normalized spacial score (nSPS) is 31.0. The number of carbonyl (C=O) groups excluding carboxylic acids is 2. The Morgan fingerprint density at radius 1 is 1.09 bits per heavy atom. The molecule has 0 aromatic carbocycles. The molecule has 32 heavy (non-hydrogen) atoms. The van der Waals surface area contributed by atoms with E-state index in [9.17, 15) is 52.8 Å². The number of hydrogen-bond acceptors (Lipinski definition) is 10. The molecule has 0 saturated carbocycles. The van der Waals surface area contributed by atoms with Crippen LogP contribution in [0, 0.1) is 10.5 Å². The highest BCUT2D eigenvalue weighted by atomic mass is 32.3. The van der Waals surface area contributed by atoms with Gasteiger partial charge < -0.3 is 18.9 Å². The van der Waals surface area contributed by atoms with E-state index >= 15 is 0 Å². The lowest BCUT2D eigenvalue weighted by Crippen LogP contribution is -2.42. The van der Waals surface area contributed by atoms with Crippen LogP contribution in [-0.2, 0) is 43.4 Å². The lowest BCUT2D eigenvalue weighted by molar-refractivity contribution is -0.146. The smallest absolute Gasteiger partial charge is 0.455 e. The molecule has 6 unspecified atom stereocenters. The Hall–Kier alpha value is -1.82. The molecule has 0 amide bonds. The van der Waals surface area contributed by atoms with Crippen LogP contribution in [0.2, 0.25) is 0 Å². The maximum absolute atomic E-state index is 12.8. The van der Waals surface area contributed by atoms with Gasteiger partial charge in [0.1, 0.15) is 25.8 Å². The molecule has 10 nitrogen and oxygen atoms in total. The maximum Gasteiger partial charge on any atom is 0.508 e. The molecule has 3 aliphatic heterocycles. The fraction of sp³-hybridized carbons (Fsp3) is 0.786. The standard InChI is InChI=1S/C14H13F6O10S2/c1-4(2-7(31(23,24)13(15,16)17)32(25,26)14(18,19)20)27-12(22)30-9-6-3-5-8(28-6)10(9)29-11(5)21/h4-6,8-10H,2-3H2,1H3/q-1. The summed E-state index contributed by atoms with van der Waals surface area (Å²) >= 11 is 0. The average Bonchev–Trinajstić information content (AvgIpc) is 3.22. The third kappa shape index (κ3) is 4.00. The van der Waals surface area contributed by atoms with Gasteiger partial charge >= 0.3 is 23.1 Å². The Kier molecular flexibility index (Phi) is 5.90. The minimum atomic E-state index is -6.95. The number of alkyl halides is 6. The van der Waals surface area contributed by atoms with Gasteiger partial charge in [0, 0.05) is 0 Å². The van der Waals surface area contributed by atoms with Gasteiger partial charge in [-0.2, -0.15) is 26.3 Å². The van der Waals surface area contributed by atoms with Crippen molar-refractivity contribution in [2.75, 3.05) is 0 Å². The molecule has 2 bridgehead atoms. The van der Waals surface area contributed by atoms with Crippen LogP contribution in [0.25, 0.3) is 0 Å². The van der Waals surface area contributed by atoms with Crippen molar-refractivity contribution in [1.82, 2.24) is 0 Å². The third-order valence-corrected chi connectivity index (χ3v) is 9.04. The van der Waals surface area contributed by atoms with Crippen molar-refractivity contribution in [1.29, 1.82) is 0 Å². The zero-order valence-corrected chi connectivity index (χ0v) is 17.2. The van der Waals surface area contributed by atoms with Crippen molar-refractivity contribution < 1.29 is 71.7 Å². The maximum atomic E-state index is 12.8. The van der Waals surface area contributed by atoms with Gasteiger partial charge in [-0.25, -0.2) is 4.79 Å². The van der Waals surface area contributed by atoms with Gasteiger partial charge in [-0.15, -0.1) is 6.42 Å². The van der Waals surface area contributed by atoms with E-state index in [1.54, 1.807) is 0 Å². The quantitative estimate of drug-likeness (QED) is 0.287. The van der Waals surface area contributed by atoms with E-state index < -0.39 is 90.3 Å². The van der Waals surface area contributed by atoms with E-state index in [4.69, 9.17) is 14.2 Å². The van der Waals surface area contributed by atoms with Crippen LogP contribution >= 0.6 is 0 Å². The molecule has 3 heterocycles. The summed E-state index contributed by atoms with van der Waals surface area (Å²) in [5.74, 6) is -1.15. The van der Waals surface area contributed by atoms with Crippen molar-refractivity contribution in [3.8, 4) is 0 Å². The second-order valence-corrected chi connectivity index (χ2v) is 11.3. The molecule has 0 aromatic heterocycles. The second-order valence-electron chi connectivity index (χ2n) is 7.12. The number of sulfone groups is 2. The fourth-order valence-electron chi connectivity index (χ4n) is 3.58. The summed E-state index contributed by atoms with van der Waals surface area (Å²) in [7, 11) is -13.9. The Morgan fingerprint density at radius 2 is 1.62 bits per heavy atom. The monoisotopic (exact) mass is 519 g/mol. The fourth-order valence-corrected chi connectivity index (χ4v) is 6.73. The highest BCUT2D eigenvalue weighted by molar-refractivity contribution is 8.13. The van der Waals surface area contributed by atoms with Crippen LogP contribution in [0.5, 0.6) is 0 Å². The molecular weight excluding hydrogens is 506 g/mol. The van der Waals surface area contributed by atoms with E-state index in [0.717, 1.165) is 0 Å². The first-order valence-corrected chi connectivity index (χ1v) is 11.6. The van der Waals surface area contributed by atoms with Crippen molar-refractivity contribution in [3.63, 3.8) is 0 Å². The number of halogens is 6. The summed E-state index contributed by atoms with van der Waals surface area (Å²) in [6.07, 6.45) is -9.25. The molecular formula is C14H13F6O10S2-. The Bertz CT molecular complexity index is 960. The Balaban J connectivity index is 1.71. The van der Waals surface area contributed by atoms with Gasteiger partial charge in [0.25, 0.3) is 0 Å². The van der Waals surface area contributed by atoms with E-state index in [-0.39, 0.29) is 6.42 Å². The van der Waals surface area contributed by atoms with Crippen LogP contribution < -0.4 is 0 Å². The number of fused-ring (bicyclic) bond motifs is 1. The molecule has 0 aromatic rings. The first-order chi connectivity index (χ1) is 14.4. The molecule has 3 fully saturated rings. The van der Waals surface area contributed by atoms with Crippen molar-refractivity contribution in [2.45, 2.75) is 61.3 Å².